The zero-order valence-corrected chi connectivity index (χ0v) is 23.3. The van der Waals surface area contributed by atoms with E-state index in [2.05, 4.69) is 19.1 Å². The van der Waals surface area contributed by atoms with E-state index in [1.165, 1.54) is 141 Å². The van der Waals surface area contributed by atoms with Crippen molar-refractivity contribution in [3.8, 4) is 0 Å². The van der Waals surface area contributed by atoms with E-state index in [9.17, 15) is 4.79 Å². The fourth-order valence-electron chi connectivity index (χ4n) is 4.72. The number of carbonyl (C=O) groups is 1. The second-order valence-electron chi connectivity index (χ2n) is 10.6. The van der Waals surface area contributed by atoms with Crippen LogP contribution in [0, 0.1) is 0 Å². The molecule has 0 amide bonds. The van der Waals surface area contributed by atoms with Gasteiger partial charge < -0.3 is 5.11 Å². The van der Waals surface area contributed by atoms with Crippen LogP contribution in [0.4, 0.5) is 0 Å². The molecular weight excluding hydrogens is 416 g/mol. The lowest BCUT2D eigenvalue weighted by Gasteiger charge is -2.03. The van der Waals surface area contributed by atoms with Gasteiger partial charge in [-0.15, -0.1) is 0 Å². The van der Waals surface area contributed by atoms with Gasteiger partial charge in [0.2, 0.25) is 0 Å². The van der Waals surface area contributed by atoms with Gasteiger partial charge in [0.15, 0.2) is 0 Å². The lowest BCUT2D eigenvalue weighted by molar-refractivity contribution is -0.119. The van der Waals surface area contributed by atoms with E-state index in [0.29, 0.717) is 12.4 Å². The van der Waals surface area contributed by atoms with Crippen molar-refractivity contribution in [3.63, 3.8) is 0 Å². The monoisotopic (exact) mass is 478 g/mol. The molecule has 0 aromatic rings. The minimum absolute atomic E-state index is 0.346. The lowest BCUT2D eigenvalue weighted by atomic mass is 10.0. The molecule has 0 saturated carbocycles. The molecule has 1 N–H and O–H groups in total. The van der Waals surface area contributed by atoms with Gasteiger partial charge in [0.1, 0.15) is 5.78 Å². The van der Waals surface area contributed by atoms with Crippen LogP contribution in [0.25, 0.3) is 0 Å². The molecule has 0 fully saturated rings. The molecule has 0 aliphatic rings. The van der Waals surface area contributed by atoms with Crippen LogP contribution in [-0.4, -0.2) is 17.5 Å². The third-order valence-electron chi connectivity index (χ3n) is 7.08. The molecule has 0 atom stereocenters. The predicted octanol–water partition coefficient (Wildman–Crippen LogP) is 10.7. The Bertz CT molecular complexity index is 415. The first kappa shape index (κ1) is 33.4. The van der Waals surface area contributed by atoms with Gasteiger partial charge in [0.05, 0.1) is 0 Å². The summed E-state index contributed by atoms with van der Waals surface area (Å²) in [6.45, 7) is 2.63. The number of allylic oxidation sites excluding steroid dienone is 2. The van der Waals surface area contributed by atoms with Gasteiger partial charge in [-0.2, -0.15) is 0 Å². The van der Waals surface area contributed by atoms with Crippen LogP contribution in [0.15, 0.2) is 12.2 Å². The fourth-order valence-corrected chi connectivity index (χ4v) is 4.72. The van der Waals surface area contributed by atoms with Crippen LogP contribution in [0.2, 0.25) is 0 Å². The van der Waals surface area contributed by atoms with Crippen LogP contribution in [0.3, 0.4) is 0 Å². The number of ketones is 1. The summed E-state index contributed by atoms with van der Waals surface area (Å²) in [6, 6.07) is 0. The van der Waals surface area contributed by atoms with E-state index in [0.717, 1.165) is 32.1 Å². The standard InChI is InChI=1S/C32H62O2/c1-2-3-4-5-6-7-8-11-14-17-20-23-26-29-32(34)30-27-24-21-18-15-12-9-10-13-16-19-22-25-28-31-33/h9,12,33H,2-8,10-11,13-31H2,1H3/b12-9-. The van der Waals surface area contributed by atoms with Gasteiger partial charge in [0, 0.05) is 19.4 Å². The molecule has 0 saturated heterocycles. The predicted molar refractivity (Wildman–Crippen MR) is 152 cm³/mol. The first-order chi connectivity index (χ1) is 16.8. The highest BCUT2D eigenvalue weighted by Gasteiger charge is 2.02. The summed E-state index contributed by atoms with van der Waals surface area (Å²) in [6.07, 6.45) is 38.7. The Balaban J connectivity index is 3.20. The number of unbranched alkanes of at least 4 members (excludes halogenated alkanes) is 22. The Morgan fingerprint density at radius 3 is 1.18 bits per heavy atom. The van der Waals surface area contributed by atoms with Crippen LogP contribution in [0.1, 0.15) is 180 Å². The van der Waals surface area contributed by atoms with E-state index >= 15 is 0 Å². The molecule has 0 aromatic carbocycles. The molecule has 0 aliphatic carbocycles. The molecule has 202 valence electrons. The highest BCUT2D eigenvalue weighted by Crippen LogP contribution is 2.14. The zero-order valence-electron chi connectivity index (χ0n) is 23.3. The number of rotatable bonds is 29. The Morgan fingerprint density at radius 1 is 0.471 bits per heavy atom. The Labute approximate surface area is 214 Å². The van der Waals surface area contributed by atoms with Crippen molar-refractivity contribution in [2.24, 2.45) is 0 Å². The molecule has 0 unspecified atom stereocenters. The summed E-state index contributed by atoms with van der Waals surface area (Å²) in [5.41, 5.74) is 0. The van der Waals surface area contributed by atoms with Crippen molar-refractivity contribution in [1.29, 1.82) is 0 Å². The highest BCUT2D eigenvalue weighted by molar-refractivity contribution is 5.78. The summed E-state index contributed by atoms with van der Waals surface area (Å²) >= 11 is 0. The van der Waals surface area contributed by atoms with Gasteiger partial charge in [-0.3, -0.25) is 4.79 Å². The van der Waals surface area contributed by atoms with Gasteiger partial charge in [-0.05, 0) is 44.9 Å². The Morgan fingerprint density at radius 2 is 0.794 bits per heavy atom. The maximum Gasteiger partial charge on any atom is 0.132 e. The third-order valence-corrected chi connectivity index (χ3v) is 7.08. The number of hydrogen-bond donors (Lipinski definition) is 1. The van der Waals surface area contributed by atoms with Crippen molar-refractivity contribution in [2.45, 2.75) is 180 Å². The molecule has 0 rings (SSSR count). The third kappa shape index (κ3) is 29.4. The first-order valence-corrected chi connectivity index (χ1v) is 15.6. The average Bonchev–Trinajstić information content (AvgIpc) is 2.84. The normalized spacial score (nSPS) is 11.6. The van der Waals surface area contributed by atoms with Crippen molar-refractivity contribution in [2.75, 3.05) is 6.61 Å². The second-order valence-corrected chi connectivity index (χ2v) is 10.6. The zero-order chi connectivity index (χ0) is 24.8. The average molecular weight is 479 g/mol. The van der Waals surface area contributed by atoms with Crippen molar-refractivity contribution in [1.82, 2.24) is 0 Å². The summed E-state index contributed by atoms with van der Waals surface area (Å²) in [5, 5.41) is 8.76. The molecule has 2 heteroatoms. The Kier molecular flexibility index (Phi) is 29.8. The van der Waals surface area contributed by atoms with E-state index in [1.807, 2.05) is 0 Å². The summed E-state index contributed by atoms with van der Waals surface area (Å²) < 4.78 is 0. The lowest BCUT2D eigenvalue weighted by Crippen LogP contribution is -1.97. The molecule has 0 heterocycles. The number of aliphatic hydroxyl groups is 1. The molecule has 0 bridgehead atoms. The van der Waals surface area contributed by atoms with Crippen molar-refractivity contribution < 1.29 is 9.90 Å². The van der Waals surface area contributed by atoms with Gasteiger partial charge in [-0.1, -0.05) is 135 Å². The minimum Gasteiger partial charge on any atom is -0.396 e. The van der Waals surface area contributed by atoms with Crippen molar-refractivity contribution >= 4 is 5.78 Å². The highest BCUT2D eigenvalue weighted by atomic mass is 16.2. The summed E-state index contributed by atoms with van der Waals surface area (Å²) in [4.78, 5) is 12.1. The molecule has 34 heavy (non-hydrogen) atoms. The first-order valence-electron chi connectivity index (χ1n) is 15.6. The quantitative estimate of drug-likeness (QED) is 0.0857. The van der Waals surface area contributed by atoms with Gasteiger partial charge in [-0.25, -0.2) is 0 Å². The van der Waals surface area contributed by atoms with Gasteiger partial charge >= 0.3 is 0 Å². The molecule has 0 aliphatic heterocycles. The maximum absolute atomic E-state index is 12.1. The number of aliphatic hydroxyl groups excluding tert-OH is 1. The SMILES string of the molecule is CCCCCCCCCCCCCCCC(=O)CCCCCC/C=C\CCCCCCCCO. The number of Topliss-reactive ketones (excluding diaryl/α,β-unsaturated/α-hetero) is 1. The minimum atomic E-state index is 0.346. The van der Waals surface area contributed by atoms with E-state index in [1.54, 1.807) is 0 Å². The summed E-state index contributed by atoms with van der Waals surface area (Å²) in [7, 11) is 0. The van der Waals surface area contributed by atoms with Crippen LogP contribution >= 0.6 is 0 Å². The van der Waals surface area contributed by atoms with Crippen LogP contribution < -0.4 is 0 Å². The maximum atomic E-state index is 12.1. The molecule has 0 aromatic heterocycles. The molecule has 2 nitrogen and oxygen atoms in total. The number of hydrogen-bond acceptors (Lipinski definition) is 2. The largest absolute Gasteiger partial charge is 0.396 e. The second kappa shape index (κ2) is 30.4. The van der Waals surface area contributed by atoms with Crippen LogP contribution in [0.5, 0.6) is 0 Å². The Hall–Kier alpha value is -0.630. The fraction of sp³-hybridized carbons (Fsp3) is 0.906. The smallest absolute Gasteiger partial charge is 0.132 e. The molecular formula is C32H62O2. The topological polar surface area (TPSA) is 37.3 Å². The summed E-state index contributed by atoms with van der Waals surface area (Å²) in [5.74, 6) is 0.499. The number of carbonyl (C=O) groups excluding carboxylic acids is 1. The molecule has 0 spiro atoms. The van der Waals surface area contributed by atoms with E-state index in [4.69, 9.17) is 5.11 Å². The van der Waals surface area contributed by atoms with Crippen molar-refractivity contribution in [3.05, 3.63) is 12.2 Å². The van der Waals surface area contributed by atoms with E-state index in [-0.39, 0.29) is 0 Å². The van der Waals surface area contributed by atoms with E-state index < -0.39 is 0 Å². The van der Waals surface area contributed by atoms with Crippen LogP contribution in [-0.2, 0) is 4.79 Å². The van der Waals surface area contributed by atoms with Gasteiger partial charge in [0.25, 0.3) is 0 Å². The molecule has 0 radical (unpaired) electrons.